The third kappa shape index (κ3) is 4.44. The van der Waals surface area contributed by atoms with Crippen LogP contribution in [0.25, 0.3) is 0 Å². The maximum absolute atomic E-state index is 12.7. The molecule has 0 aliphatic carbocycles. The highest BCUT2D eigenvalue weighted by atomic mass is 32.2. The van der Waals surface area contributed by atoms with Crippen molar-refractivity contribution in [2.75, 3.05) is 52.8 Å². The van der Waals surface area contributed by atoms with Crippen LogP contribution in [0.3, 0.4) is 0 Å². The third-order valence-electron chi connectivity index (χ3n) is 4.82. The van der Waals surface area contributed by atoms with Crippen molar-refractivity contribution in [2.45, 2.75) is 4.90 Å². The van der Waals surface area contributed by atoms with Crippen molar-refractivity contribution in [1.29, 1.82) is 0 Å². The van der Waals surface area contributed by atoms with Gasteiger partial charge in [0.2, 0.25) is 15.8 Å². The molecule has 1 heterocycles. The van der Waals surface area contributed by atoms with Crippen LogP contribution in [0.4, 0.5) is 10.5 Å². The van der Waals surface area contributed by atoms with Crippen LogP contribution in [0.1, 0.15) is 0 Å². The Kier molecular flexibility index (Phi) is 6.68. The molecule has 1 N–H and O–H groups in total. The van der Waals surface area contributed by atoms with Gasteiger partial charge >= 0.3 is 6.03 Å². The van der Waals surface area contributed by atoms with E-state index in [1.807, 2.05) is 0 Å². The topological polar surface area (TPSA) is 97.4 Å². The average Bonchev–Trinajstić information content (AvgIpc) is 2.78. The number of rotatable bonds is 6. The number of nitrogens with zero attached hydrogens (tertiary/aromatic N) is 2. The number of carbonyl (C=O) groups excluding carboxylic acids is 1. The lowest BCUT2D eigenvalue weighted by Crippen LogP contribution is -2.51. The molecule has 2 aromatic rings. The van der Waals surface area contributed by atoms with Crippen LogP contribution in [0.5, 0.6) is 17.2 Å². The Morgan fingerprint density at radius 2 is 1.47 bits per heavy atom. The minimum atomic E-state index is -3.57. The molecule has 0 saturated carbocycles. The second-order valence-electron chi connectivity index (χ2n) is 6.55. The van der Waals surface area contributed by atoms with E-state index >= 15 is 0 Å². The average molecular weight is 436 g/mol. The Morgan fingerprint density at radius 1 is 0.900 bits per heavy atom. The molecule has 1 saturated heterocycles. The van der Waals surface area contributed by atoms with Crippen molar-refractivity contribution >= 4 is 21.7 Å². The maximum atomic E-state index is 12.7. The second kappa shape index (κ2) is 9.23. The quantitative estimate of drug-likeness (QED) is 0.748. The highest BCUT2D eigenvalue weighted by Crippen LogP contribution is 2.40. The maximum Gasteiger partial charge on any atom is 0.321 e. The van der Waals surface area contributed by atoms with E-state index in [2.05, 4.69) is 5.32 Å². The molecule has 3 rings (SSSR count). The number of anilines is 1. The molecule has 0 radical (unpaired) electrons. The number of ether oxygens (including phenoxy) is 3. The molecule has 9 nitrogen and oxygen atoms in total. The van der Waals surface area contributed by atoms with Gasteiger partial charge in [0.25, 0.3) is 0 Å². The number of carbonyl (C=O) groups is 1. The van der Waals surface area contributed by atoms with E-state index in [0.29, 0.717) is 22.9 Å². The lowest BCUT2D eigenvalue weighted by atomic mass is 10.2. The number of hydrogen-bond donors (Lipinski definition) is 1. The van der Waals surface area contributed by atoms with E-state index in [0.717, 1.165) is 0 Å². The minimum Gasteiger partial charge on any atom is -0.493 e. The Morgan fingerprint density at radius 3 is 1.97 bits per heavy atom. The van der Waals surface area contributed by atoms with Crippen molar-refractivity contribution in [3.8, 4) is 17.2 Å². The zero-order valence-electron chi connectivity index (χ0n) is 17.1. The van der Waals surface area contributed by atoms with E-state index in [-0.39, 0.29) is 37.1 Å². The largest absolute Gasteiger partial charge is 0.493 e. The summed E-state index contributed by atoms with van der Waals surface area (Å²) in [6.45, 7) is 1.00. The summed E-state index contributed by atoms with van der Waals surface area (Å²) >= 11 is 0. The summed E-state index contributed by atoms with van der Waals surface area (Å²) in [5, 5.41) is 2.80. The first-order chi connectivity index (χ1) is 14.4. The van der Waals surface area contributed by atoms with Gasteiger partial charge in [0, 0.05) is 38.3 Å². The predicted octanol–water partition coefficient (Wildman–Crippen LogP) is 2.25. The molecule has 0 aromatic heterocycles. The van der Waals surface area contributed by atoms with Crippen LogP contribution in [0, 0.1) is 0 Å². The van der Waals surface area contributed by atoms with Gasteiger partial charge in [-0.2, -0.15) is 4.31 Å². The van der Waals surface area contributed by atoms with Crippen LogP contribution in [-0.4, -0.2) is 71.2 Å². The number of piperazine rings is 1. The normalized spacial score (nSPS) is 14.8. The third-order valence-corrected chi connectivity index (χ3v) is 6.74. The summed E-state index contributed by atoms with van der Waals surface area (Å²) in [6.07, 6.45) is 0. The number of sulfonamides is 1. The Hall–Kier alpha value is -2.98. The smallest absolute Gasteiger partial charge is 0.321 e. The fraction of sp³-hybridized carbons (Fsp3) is 0.350. The first-order valence-electron chi connectivity index (χ1n) is 9.32. The molecular weight excluding hydrogens is 410 g/mol. The molecule has 0 unspecified atom stereocenters. The summed E-state index contributed by atoms with van der Waals surface area (Å²) in [5.74, 6) is 1.27. The summed E-state index contributed by atoms with van der Waals surface area (Å²) in [4.78, 5) is 14.5. The van der Waals surface area contributed by atoms with E-state index < -0.39 is 10.0 Å². The fourth-order valence-corrected chi connectivity index (χ4v) is 4.67. The van der Waals surface area contributed by atoms with E-state index in [1.165, 1.54) is 25.6 Å². The first kappa shape index (κ1) is 21.7. The monoisotopic (exact) mass is 435 g/mol. The molecule has 0 spiro atoms. The summed E-state index contributed by atoms with van der Waals surface area (Å²) in [6, 6.07) is 11.2. The Bertz CT molecular complexity index is 964. The van der Waals surface area contributed by atoms with Crippen molar-refractivity contribution in [3.05, 3.63) is 42.5 Å². The number of amides is 2. The zero-order valence-corrected chi connectivity index (χ0v) is 17.9. The molecule has 0 bridgehead atoms. The first-order valence-corrected chi connectivity index (χ1v) is 10.8. The second-order valence-corrected chi connectivity index (χ2v) is 8.49. The van der Waals surface area contributed by atoms with Crippen LogP contribution in [0.2, 0.25) is 0 Å². The van der Waals surface area contributed by atoms with Gasteiger partial charge in [-0.1, -0.05) is 18.2 Å². The number of benzene rings is 2. The molecule has 2 amide bonds. The molecular formula is C20H25N3O6S. The predicted molar refractivity (Wildman–Crippen MR) is 112 cm³/mol. The van der Waals surface area contributed by atoms with Gasteiger partial charge in [-0.3, -0.25) is 0 Å². The summed E-state index contributed by atoms with van der Waals surface area (Å²) < 4.78 is 42.7. The lowest BCUT2D eigenvalue weighted by molar-refractivity contribution is 0.184. The molecule has 10 heteroatoms. The zero-order chi connectivity index (χ0) is 21.7. The van der Waals surface area contributed by atoms with Gasteiger partial charge in [-0.05, 0) is 12.1 Å². The van der Waals surface area contributed by atoms with Crippen LogP contribution >= 0.6 is 0 Å². The number of methoxy groups -OCH3 is 3. The van der Waals surface area contributed by atoms with Gasteiger partial charge in [-0.25, -0.2) is 13.2 Å². The number of nitrogens with one attached hydrogen (secondary N) is 1. The molecule has 1 aliphatic heterocycles. The van der Waals surface area contributed by atoms with Gasteiger partial charge in [0.15, 0.2) is 11.5 Å². The fourth-order valence-electron chi connectivity index (χ4n) is 3.23. The van der Waals surface area contributed by atoms with Gasteiger partial charge in [-0.15, -0.1) is 0 Å². The lowest BCUT2D eigenvalue weighted by Gasteiger charge is -2.34. The number of urea groups is 1. The highest BCUT2D eigenvalue weighted by Gasteiger charge is 2.30. The summed E-state index contributed by atoms with van der Waals surface area (Å²) in [7, 11) is 0.924. The van der Waals surface area contributed by atoms with Gasteiger partial charge < -0.3 is 24.4 Å². The van der Waals surface area contributed by atoms with Gasteiger partial charge in [0.05, 0.1) is 31.9 Å². The molecule has 1 aliphatic rings. The van der Waals surface area contributed by atoms with Crippen LogP contribution in [0.15, 0.2) is 47.4 Å². The van der Waals surface area contributed by atoms with Crippen molar-refractivity contribution < 1.29 is 27.4 Å². The number of hydrogen-bond acceptors (Lipinski definition) is 6. The standard InChI is InChI=1S/C20H25N3O6S/c1-27-17-13-15(14-18(28-2)19(17)29-3)21-20(24)22-9-11-23(12-10-22)30(25,26)16-7-5-4-6-8-16/h4-8,13-14H,9-12H2,1-3H3,(H,21,24). The Balaban J connectivity index is 1.66. The Labute approximate surface area is 176 Å². The highest BCUT2D eigenvalue weighted by molar-refractivity contribution is 7.89. The van der Waals surface area contributed by atoms with Gasteiger partial charge in [0.1, 0.15) is 0 Å². The van der Waals surface area contributed by atoms with Crippen LogP contribution in [-0.2, 0) is 10.0 Å². The SMILES string of the molecule is COc1cc(NC(=O)N2CCN(S(=O)(=O)c3ccccc3)CC2)cc(OC)c1OC. The molecule has 0 atom stereocenters. The van der Waals surface area contributed by atoms with Crippen molar-refractivity contribution in [3.63, 3.8) is 0 Å². The van der Waals surface area contributed by atoms with Crippen molar-refractivity contribution in [2.24, 2.45) is 0 Å². The molecule has 1 fully saturated rings. The van der Waals surface area contributed by atoms with E-state index in [4.69, 9.17) is 14.2 Å². The van der Waals surface area contributed by atoms with E-state index in [1.54, 1.807) is 47.4 Å². The van der Waals surface area contributed by atoms with Crippen molar-refractivity contribution in [1.82, 2.24) is 9.21 Å². The molecule has 2 aromatic carbocycles. The molecule has 30 heavy (non-hydrogen) atoms. The minimum absolute atomic E-state index is 0.222. The van der Waals surface area contributed by atoms with Crippen LogP contribution < -0.4 is 19.5 Å². The van der Waals surface area contributed by atoms with E-state index in [9.17, 15) is 13.2 Å². The summed E-state index contributed by atoms with van der Waals surface area (Å²) in [5.41, 5.74) is 0.480. The molecule has 162 valence electrons.